The van der Waals surface area contributed by atoms with E-state index in [0.29, 0.717) is 11.4 Å². The summed E-state index contributed by atoms with van der Waals surface area (Å²) >= 11 is 1.47. The molecule has 0 saturated carbocycles. The van der Waals surface area contributed by atoms with Crippen LogP contribution in [0.15, 0.2) is 36.4 Å². The SMILES string of the molecule is CC(=O)N(C)Cc1cccc(NC(=O)c2ccc(C)s2)c1. The van der Waals surface area contributed by atoms with E-state index in [1.165, 1.54) is 18.3 Å². The zero-order valence-electron chi connectivity index (χ0n) is 12.3. The van der Waals surface area contributed by atoms with E-state index in [1.54, 1.807) is 11.9 Å². The minimum absolute atomic E-state index is 0.0125. The van der Waals surface area contributed by atoms with E-state index in [9.17, 15) is 9.59 Å². The van der Waals surface area contributed by atoms with E-state index >= 15 is 0 Å². The van der Waals surface area contributed by atoms with Crippen LogP contribution in [0.25, 0.3) is 0 Å². The summed E-state index contributed by atoms with van der Waals surface area (Å²) in [5.74, 6) is -0.0938. The van der Waals surface area contributed by atoms with E-state index in [4.69, 9.17) is 0 Å². The van der Waals surface area contributed by atoms with E-state index in [1.807, 2.05) is 43.3 Å². The van der Waals surface area contributed by atoms with Crippen LogP contribution in [0, 0.1) is 6.92 Å². The molecule has 0 atom stereocenters. The van der Waals surface area contributed by atoms with Crippen LogP contribution in [0.5, 0.6) is 0 Å². The fourth-order valence-corrected chi connectivity index (χ4v) is 2.64. The van der Waals surface area contributed by atoms with Crippen molar-refractivity contribution in [3.8, 4) is 0 Å². The van der Waals surface area contributed by atoms with E-state index in [2.05, 4.69) is 5.32 Å². The minimum atomic E-state index is -0.106. The lowest BCUT2D eigenvalue weighted by molar-refractivity contribution is -0.128. The molecule has 0 unspecified atom stereocenters. The first kappa shape index (κ1) is 15.3. The van der Waals surface area contributed by atoms with Crippen LogP contribution in [-0.4, -0.2) is 23.8 Å². The lowest BCUT2D eigenvalue weighted by Crippen LogP contribution is -2.23. The Balaban J connectivity index is 2.07. The average Bonchev–Trinajstić information content (AvgIpc) is 2.86. The van der Waals surface area contributed by atoms with Gasteiger partial charge in [-0.2, -0.15) is 0 Å². The Hall–Kier alpha value is -2.14. The molecular formula is C16H18N2O2S. The second kappa shape index (κ2) is 6.54. The second-order valence-corrected chi connectivity index (χ2v) is 6.23. The molecule has 0 aliphatic carbocycles. The van der Waals surface area contributed by atoms with Gasteiger partial charge in [-0.1, -0.05) is 12.1 Å². The summed E-state index contributed by atoms with van der Waals surface area (Å²) in [7, 11) is 1.75. The van der Waals surface area contributed by atoms with Crippen molar-refractivity contribution in [2.45, 2.75) is 20.4 Å². The molecule has 4 nitrogen and oxygen atoms in total. The summed E-state index contributed by atoms with van der Waals surface area (Å²) in [5, 5.41) is 2.88. The van der Waals surface area contributed by atoms with Crippen molar-refractivity contribution in [3.05, 3.63) is 51.7 Å². The lowest BCUT2D eigenvalue weighted by atomic mass is 10.2. The van der Waals surface area contributed by atoms with Gasteiger partial charge in [0.25, 0.3) is 5.91 Å². The topological polar surface area (TPSA) is 49.4 Å². The number of rotatable bonds is 4. The highest BCUT2D eigenvalue weighted by molar-refractivity contribution is 7.14. The molecule has 1 N–H and O–H groups in total. The Morgan fingerprint density at radius 2 is 2.00 bits per heavy atom. The average molecular weight is 302 g/mol. The van der Waals surface area contributed by atoms with Gasteiger partial charge in [-0.05, 0) is 36.8 Å². The van der Waals surface area contributed by atoms with Gasteiger partial charge in [0.1, 0.15) is 0 Å². The zero-order chi connectivity index (χ0) is 15.4. The van der Waals surface area contributed by atoms with Crippen molar-refractivity contribution in [1.82, 2.24) is 4.90 Å². The first-order valence-electron chi connectivity index (χ1n) is 6.64. The summed E-state index contributed by atoms with van der Waals surface area (Å²) < 4.78 is 0. The fraction of sp³-hybridized carbons (Fsp3) is 0.250. The van der Waals surface area contributed by atoms with Crippen LogP contribution in [0.3, 0.4) is 0 Å². The molecular weight excluding hydrogens is 284 g/mol. The molecule has 0 fully saturated rings. The molecule has 2 aromatic rings. The number of hydrogen-bond acceptors (Lipinski definition) is 3. The number of benzene rings is 1. The predicted octanol–water partition coefficient (Wildman–Crippen LogP) is 3.29. The van der Waals surface area contributed by atoms with Gasteiger partial charge in [-0.25, -0.2) is 0 Å². The van der Waals surface area contributed by atoms with Crippen LogP contribution >= 0.6 is 11.3 Å². The van der Waals surface area contributed by atoms with Gasteiger partial charge in [0.15, 0.2) is 0 Å². The maximum Gasteiger partial charge on any atom is 0.265 e. The van der Waals surface area contributed by atoms with Gasteiger partial charge >= 0.3 is 0 Å². The number of thiophene rings is 1. The molecule has 0 spiro atoms. The molecule has 2 rings (SSSR count). The molecule has 5 heteroatoms. The van der Waals surface area contributed by atoms with Gasteiger partial charge < -0.3 is 10.2 Å². The lowest BCUT2D eigenvalue weighted by Gasteiger charge is -2.15. The summed E-state index contributed by atoms with van der Waals surface area (Å²) in [6.07, 6.45) is 0. The third-order valence-corrected chi connectivity index (χ3v) is 4.11. The number of carbonyl (C=O) groups is 2. The van der Waals surface area contributed by atoms with Crippen LogP contribution in [0.2, 0.25) is 0 Å². The summed E-state index contributed by atoms with van der Waals surface area (Å²) in [4.78, 5) is 26.8. The maximum atomic E-state index is 12.1. The maximum absolute atomic E-state index is 12.1. The predicted molar refractivity (Wildman–Crippen MR) is 85.6 cm³/mol. The van der Waals surface area contributed by atoms with Crippen molar-refractivity contribution in [2.75, 3.05) is 12.4 Å². The highest BCUT2D eigenvalue weighted by Crippen LogP contribution is 2.18. The van der Waals surface area contributed by atoms with Crippen LogP contribution < -0.4 is 5.32 Å². The smallest absolute Gasteiger partial charge is 0.265 e. The third kappa shape index (κ3) is 4.16. The molecule has 0 aliphatic heterocycles. The number of carbonyl (C=O) groups excluding carboxylic acids is 2. The van der Waals surface area contributed by atoms with E-state index in [-0.39, 0.29) is 11.8 Å². The van der Waals surface area contributed by atoms with Gasteiger partial charge in [0.05, 0.1) is 4.88 Å². The van der Waals surface area contributed by atoms with Crippen molar-refractivity contribution >= 4 is 28.8 Å². The molecule has 1 heterocycles. The fourth-order valence-electron chi connectivity index (χ4n) is 1.88. The summed E-state index contributed by atoms with van der Waals surface area (Å²) in [6.45, 7) is 4.03. The Kier molecular flexibility index (Phi) is 4.75. The van der Waals surface area contributed by atoms with Crippen LogP contribution in [0.1, 0.15) is 27.0 Å². The van der Waals surface area contributed by atoms with Gasteiger partial charge in [-0.15, -0.1) is 11.3 Å². The standard InChI is InChI=1S/C16H18N2O2S/c1-11-7-8-15(21-11)16(20)17-14-6-4-5-13(9-14)10-18(3)12(2)19/h4-9H,10H2,1-3H3,(H,17,20). The molecule has 0 bridgehead atoms. The normalized spacial score (nSPS) is 10.2. The van der Waals surface area contributed by atoms with E-state index in [0.717, 1.165) is 16.1 Å². The number of nitrogens with one attached hydrogen (secondary N) is 1. The molecule has 110 valence electrons. The highest BCUT2D eigenvalue weighted by Gasteiger charge is 2.09. The summed E-state index contributed by atoms with van der Waals surface area (Å²) in [6, 6.07) is 11.3. The molecule has 0 aliphatic rings. The Labute approximate surface area is 128 Å². The van der Waals surface area contributed by atoms with Gasteiger partial charge in [-0.3, -0.25) is 9.59 Å². The number of aryl methyl sites for hydroxylation is 1. The summed E-state index contributed by atoms with van der Waals surface area (Å²) in [5.41, 5.74) is 1.72. The largest absolute Gasteiger partial charge is 0.342 e. The highest BCUT2D eigenvalue weighted by atomic mass is 32.1. The van der Waals surface area contributed by atoms with Gasteiger partial charge in [0, 0.05) is 31.1 Å². The van der Waals surface area contributed by atoms with Crippen molar-refractivity contribution in [3.63, 3.8) is 0 Å². The molecule has 2 amide bonds. The molecule has 1 aromatic carbocycles. The molecule has 21 heavy (non-hydrogen) atoms. The van der Waals surface area contributed by atoms with Crippen molar-refractivity contribution in [1.29, 1.82) is 0 Å². The number of nitrogens with zero attached hydrogens (tertiary/aromatic N) is 1. The van der Waals surface area contributed by atoms with Crippen molar-refractivity contribution < 1.29 is 9.59 Å². The zero-order valence-corrected chi connectivity index (χ0v) is 13.2. The Morgan fingerprint density at radius 3 is 2.62 bits per heavy atom. The first-order valence-corrected chi connectivity index (χ1v) is 7.46. The number of anilines is 1. The third-order valence-electron chi connectivity index (χ3n) is 3.11. The quantitative estimate of drug-likeness (QED) is 0.942. The Morgan fingerprint density at radius 1 is 1.24 bits per heavy atom. The number of amides is 2. The van der Waals surface area contributed by atoms with Crippen molar-refractivity contribution in [2.24, 2.45) is 0 Å². The minimum Gasteiger partial charge on any atom is -0.342 e. The van der Waals surface area contributed by atoms with Crippen LogP contribution in [-0.2, 0) is 11.3 Å². The monoisotopic (exact) mass is 302 g/mol. The molecule has 0 radical (unpaired) electrons. The molecule has 0 saturated heterocycles. The van der Waals surface area contributed by atoms with Gasteiger partial charge in [0.2, 0.25) is 5.91 Å². The van der Waals surface area contributed by atoms with Crippen LogP contribution in [0.4, 0.5) is 5.69 Å². The van der Waals surface area contributed by atoms with E-state index < -0.39 is 0 Å². The Bertz CT molecular complexity index is 664. The number of hydrogen-bond donors (Lipinski definition) is 1. The second-order valence-electron chi connectivity index (χ2n) is 4.94. The molecule has 1 aromatic heterocycles. The first-order chi connectivity index (χ1) is 9.95.